The number of nitrogens with one attached hydrogen (secondary N) is 2. The van der Waals surface area contributed by atoms with E-state index in [4.69, 9.17) is 0 Å². The summed E-state index contributed by atoms with van der Waals surface area (Å²) in [5.41, 5.74) is 0. The lowest BCUT2D eigenvalue weighted by atomic mass is 10.2. The maximum atomic E-state index is 11.5. The first-order valence-corrected chi connectivity index (χ1v) is 6.49. The molecule has 2 N–H and O–H groups in total. The molecule has 0 saturated carbocycles. The number of carbonyl (C=O) groups excluding carboxylic acids is 1. The smallest absolute Gasteiger partial charge is 0.233 e. The van der Waals surface area contributed by atoms with Crippen LogP contribution in [0.4, 0.5) is 0 Å². The van der Waals surface area contributed by atoms with Crippen molar-refractivity contribution in [2.75, 3.05) is 25.4 Å². The van der Waals surface area contributed by atoms with E-state index < -0.39 is 0 Å². The summed E-state index contributed by atoms with van der Waals surface area (Å²) >= 11 is 1.79. The highest BCUT2D eigenvalue weighted by molar-refractivity contribution is 8.00. The van der Waals surface area contributed by atoms with E-state index in [0.29, 0.717) is 0 Å². The lowest BCUT2D eigenvalue weighted by Gasteiger charge is -2.09. The van der Waals surface area contributed by atoms with Crippen LogP contribution in [0.1, 0.15) is 26.2 Å². The molecule has 0 aromatic heterocycles. The molecule has 4 heteroatoms. The Hall–Kier alpha value is -0.220. The molecule has 82 valence electrons. The van der Waals surface area contributed by atoms with E-state index >= 15 is 0 Å². The maximum absolute atomic E-state index is 11.5. The number of rotatable bonds is 6. The van der Waals surface area contributed by atoms with Gasteiger partial charge >= 0.3 is 0 Å². The van der Waals surface area contributed by atoms with Crippen LogP contribution in [0.15, 0.2) is 0 Å². The molecule has 0 radical (unpaired) electrons. The van der Waals surface area contributed by atoms with Crippen LogP contribution in [-0.2, 0) is 4.79 Å². The van der Waals surface area contributed by atoms with Crippen molar-refractivity contribution in [1.29, 1.82) is 0 Å². The third-order valence-electron chi connectivity index (χ3n) is 2.25. The van der Waals surface area contributed by atoms with Crippen LogP contribution in [0.2, 0.25) is 0 Å². The lowest BCUT2D eigenvalue weighted by Crippen LogP contribution is -2.36. The minimum atomic E-state index is 0.223. The SMILES string of the molecule is CCCNCCNC(=O)C1CCCS1. The van der Waals surface area contributed by atoms with Crippen LogP contribution < -0.4 is 10.6 Å². The molecular weight excluding hydrogens is 196 g/mol. The Morgan fingerprint density at radius 1 is 1.43 bits per heavy atom. The molecule has 1 atom stereocenters. The van der Waals surface area contributed by atoms with Gasteiger partial charge in [-0.15, -0.1) is 11.8 Å². The fraction of sp³-hybridized carbons (Fsp3) is 0.900. The monoisotopic (exact) mass is 216 g/mol. The molecule has 1 heterocycles. The molecule has 0 aromatic carbocycles. The predicted molar refractivity (Wildman–Crippen MR) is 61.7 cm³/mol. The van der Waals surface area contributed by atoms with Gasteiger partial charge in [0, 0.05) is 13.1 Å². The Balaban J connectivity index is 1.97. The first-order chi connectivity index (χ1) is 6.84. The molecule has 1 aliphatic rings. The Kier molecular flexibility index (Phi) is 6.03. The number of thioether (sulfide) groups is 1. The third-order valence-corrected chi connectivity index (χ3v) is 3.63. The molecule has 0 bridgehead atoms. The van der Waals surface area contributed by atoms with E-state index in [1.165, 1.54) is 6.42 Å². The summed E-state index contributed by atoms with van der Waals surface area (Å²) in [6.45, 7) is 4.82. The quantitative estimate of drug-likeness (QED) is 0.651. The van der Waals surface area contributed by atoms with E-state index in [1.807, 2.05) is 0 Å². The van der Waals surface area contributed by atoms with Crippen molar-refractivity contribution in [1.82, 2.24) is 10.6 Å². The Labute approximate surface area is 90.4 Å². The van der Waals surface area contributed by atoms with Crippen LogP contribution in [0.25, 0.3) is 0 Å². The fourth-order valence-corrected chi connectivity index (χ4v) is 2.66. The molecule has 1 aliphatic heterocycles. The van der Waals surface area contributed by atoms with Crippen molar-refractivity contribution in [3.05, 3.63) is 0 Å². The van der Waals surface area contributed by atoms with E-state index in [0.717, 1.165) is 38.2 Å². The number of hydrogen-bond donors (Lipinski definition) is 2. The van der Waals surface area contributed by atoms with Gasteiger partial charge in [-0.3, -0.25) is 4.79 Å². The summed E-state index contributed by atoms with van der Waals surface area (Å²) in [5, 5.41) is 6.44. The van der Waals surface area contributed by atoms with E-state index in [1.54, 1.807) is 11.8 Å². The van der Waals surface area contributed by atoms with Gasteiger partial charge in [-0.05, 0) is 31.6 Å². The molecule has 1 rings (SSSR count). The Bertz CT molecular complexity index is 170. The highest BCUT2D eigenvalue weighted by Crippen LogP contribution is 2.25. The molecule has 1 amide bonds. The van der Waals surface area contributed by atoms with Gasteiger partial charge in [-0.2, -0.15) is 0 Å². The zero-order chi connectivity index (χ0) is 10.2. The minimum Gasteiger partial charge on any atom is -0.354 e. The van der Waals surface area contributed by atoms with Crippen molar-refractivity contribution in [2.24, 2.45) is 0 Å². The van der Waals surface area contributed by atoms with Gasteiger partial charge in [0.05, 0.1) is 5.25 Å². The van der Waals surface area contributed by atoms with E-state index in [2.05, 4.69) is 17.6 Å². The van der Waals surface area contributed by atoms with E-state index in [-0.39, 0.29) is 11.2 Å². The van der Waals surface area contributed by atoms with Crippen molar-refractivity contribution in [2.45, 2.75) is 31.4 Å². The summed E-state index contributed by atoms with van der Waals surface area (Å²) in [6, 6.07) is 0. The second-order valence-electron chi connectivity index (χ2n) is 3.54. The highest BCUT2D eigenvalue weighted by atomic mass is 32.2. The normalized spacial score (nSPS) is 21.1. The second kappa shape index (κ2) is 7.12. The largest absolute Gasteiger partial charge is 0.354 e. The van der Waals surface area contributed by atoms with Gasteiger partial charge in [0.1, 0.15) is 0 Å². The van der Waals surface area contributed by atoms with E-state index in [9.17, 15) is 4.79 Å². The average molecular weight is 216 g/mol. The van der Waals surface area contributed by atoms with Gasteiger partial charge in [0.25, 0.3) is 0 Å². The van der Waals surface area contributed by atoms with Gasteiger partial charge in [-0.1, -0.05) is 6.92 Å². The molecular formula is C10H20N2OS. The van der Waals surface area contributed by atoms with Crippen molar-refractivity contribution >= 4 is 17.7 Å². The zero-order valence-corrected chi connectivity index (χ0v) is 9.66. The summed E-state index contributed by atoms with van der Waals surface area (Å²) in [5.74, 6) is 1.37. The van der Waals surface area contributed by atoms with Gasteiger partial charge in [-0.25, -0.2) is 0 Å². The van der Waals surface area contributed by atoms with Crippen LogP contribution in [0, 0.1) is 0 Å². The van der Waals surface area contributed by atoms with Gasteiger partial charge in [0.2, 0.25) is 5.91 Å². The molecule has 0 aromatic rings. The van der Waals surface area contributed by atoms with Gasteiger partial charge < -0.3 is 10.6 Å². The highest BCUT2D eigenvalue weighted by Gasteiger charge is 2.22. The van der Waals surface area contributed by atoms with Crippen LogP contribution in [0.5, 0.6) is 0 Å². The standard InChI is InChI=1S/C10H20N2OS/c1-2-5-11-6-7-12-10(13)9-4-3-8-14-9/h9,11H,2-8H2,1H3,(H,12,13). The number of carbonyl (C=O) groups is 1. The summed E-state index contributed by atoms with van der Waals surface area (Å²) in [6.07, 6.45) is 3.39. The molecule has 0 spiro atoms. The second-order valence-corrected chi connectivity index (χ2v) is 4.85. The molecule has 0 aliphatic carbocycles. The fourth-order valence-electron chi connectivity index (χ4n) is 1.47. The Morgan fingerprint density at radius 3 is 2.93 bits per heavy atom. The van der Waals surface area contributed by atoms with Crippen molar-refractivity contribution in [3.8, 4) is 0 Å². The maximum Gasteiger partial charge on any atom is 0.233 e. The van der Waals surface area contributed by atoms with Crippen molar-refractivity contribution in [3.63, 3.8) is 0 Å². The first-order valence-electron chi connectivity index (χ1n) is 5.44. The van der Waals surface area contributed by atoms with Crippen molar-refractivity contribution < 1.29 is 4.79 Å². The molecule has 14 heavy (non-hydrogen) atoms. The topological polar surface area (TPSA) is 41.1 Å². The van der Waals surface area contributed by atoms with Crippen LogP contribution in [0.3, 0.4) is 0 Å². The summed E-state index contributed by atoms with van der Waals surface area (Å²) in [7, 11) is 0. The Morgan fingerprint density at radius 2 is 2.29 bits per heavy atom. The minimum absolute atomic E-state index is 0.223. The summed E-state index contributed by atoms with van der Waals surface area (Å²) < 4.78 is 0. The van der Waals surface area contributed by atoms with Gasteiger partial charge in [0.15, 0.2) is 0 Å². The number of amides is 1. The third kappa shape index (κ3) is 4.33. The van der Waals surface area contributed by atoms with Crippen LogP contribution >= 0.6 is 11.8 Å². The predicted octanol–water partition coefficient (Wildman–Crippen LogP) is 0.998. The lowest BCUT2D eigenvalue weighted by molar-refractivity contribution is -0.120. The van der Waals surface area contributed by atoms with Crippen LogP contribution in [-0.4, -0.2) is 36.5 Å². The molecule has 1 saturated heterocycles. The average Bonchev–Trinajstić information content (AvgIpc) is 2.70. The molecule has 1 unspecified atom stereocenters. The first kappa shape index (κ1) is 11.9. The summed E-state index contributed by atoms with van der Waals surface area (Å²) in [4.78, 5) is 11.5. The zero-order valence-electron chi connectivity index (χ0n) is 8.84. The molecule has 1 fully saturated rings. The molecule has 3 nitrogen and oxygen atoms in total. The number of hydrogen-bond acceptors (Lipinski definition) is 3.